The minimum Gasteiger partial charge on any atom is -0.497 e. The van der Waals surface area contributed by atoms with Crippen LogP contribution in [0.1, 0.15) is 5.56 Å². The lowest BCUT2D eigenvalue weighted by Gasteiger charge is -2.13. The highest BCUT2D eigenvalue weighted by molar-refractivity contribution is 6.39. The van der Waals surface area contributed by atoms with E-state index >= 15 is 0 Å². The van der Waals surface area contributed by atoms with Crippen LogP contribution in [0.25, 0.3) is 0 Å². The molecule has 0 radical (unpaired) electrons. The summed E-state index contributed by atoms with van der Waals surface area (Å²) in [6.45, 7) is 0.552. The first-order chi connectivity index (χ1) is 9.65. The normalized spacial score (nSPS) is 10.2. The number of nitrogens with one attached hydrogen (secondary N) is 1. The van der Waals surface area contributed by atoms with Crippen LogP contribution < -0.4 is 14.8 Å². The van der Waals surface area contributed by atoms with Crippen molar-refractivity contribution in [2.45, 2.75) is 6.54 Å². The van der Waals surface area contributed by atoms with E-state index in [-0.39, 0.29) is 0 Å². The van der Waals surface area contributed by atoms with Gasteiger partial charge in [-0.1, -0.05) is 29.3 Å². The lowest BCUT2D eigenvalue weighted by molar-refractivity contribution is 0.391. The van der Waals surface area contributed by atoms with E-state index in [2.05, 4.69) is 5.32 Å². The van der Waals surface area contributed by atoms with E-state index in [1.807, 2.05) is 24.3 Å². The third-order valence-corrected chi connectivity index (χ3v) is 3.54. The smallest absolute Gasteiger partial charge is 0.127 e. The molecule has 0 fully saturated rings. The van der Waals surface area contributed by atoms with Gasteiger partial charge in [0.05, 0.1) is 30.0 Å². The number of rotatable bonds is 5. The van der Waals surface area contributed by atoms with Crippen LogP contribution in [0.3, 0.4) is 0 Å². The van der Waals surface area contributed by atoms with E-state index in [0.29, 0.717) is 22.3 Å². The number of para-hydroxylation sites is 1. The van der Waals surface area contributed by atoms with Crippen molar-refractivity contribution in [3.8, 4) is 11.5 Å². The zero-order valence-corrected chi connectivity index (χ0v) is 12.8. The van der Waals surface area contributed by atoms with E-state index < -0.39 is 0 Å². The highest BCUT2D eigenvalue weighted by atomic mass is 35.5. The average Bonchev–Trinajstić information content (AvgIpc) is 2.46. The summed E-state index contributed by atoms with van der Waals surface area (Å²) in [5.74, 6) is 1.50. The molecular formula is C15H15Cl2NO2. The van der Waals surface area contributed by atoms with Crippen molar-refractivity contribution >= 4 is 28.9 Å². The molecule has 1 N–H and O–H groups in total. The van der Waals surface area contributed by atoms with Gasteiger partial charge in [0.1, 0.15) is 11.5 Å². The minimum absolute atomic E-state index is 0.552. The number of methoxy groups -OCH3 is 2. The van der Waals surface area contributed by atoms with Crippen molar-refractivity contribution < 1.29 is 9.47 Å². The van der Waals surface area contributed by atoms with Gasteiger partial charge in [-0.2, -0.15) is 0 Å². The molecule has 2 aromatic rings. The third kappa shape index (κ3) is 3.30. The second-order valence-electron chi connectivity index (χ2n) is 4.13. The van der Waals surface area contributed by atoms with Crippen molar-refractivity contribution in [3.05, 3.63) is 52.0 Å². The van der Waals surface area contributed by atoms with E-state index in [1.54, 1.807) is 26.4 Å². The Morgan fingerprint density at radius 1 is 1.00 bits per heavy atom. The molecule has 0 heterocycles. The van der Waals surface area contributed by atoms with Crippen LogP contribution >= 0.6 is 23.2 Å². The van der Waals surface area contributed by atoms with E-state index in [9.17, 15) is 0 Å². The van der Waals surface area contributed by atoms with Gasteiger partial charge in [-0.05, 0) is 24.3 Å². The zero-order chi connectivity index (χ0) is 14.5. The number of benzene rings is 2. The molecule has 0 spiro atoms. The Labute approximate surface area is 128 Å². The molecule has 0 aliphatic carbocycles. The van der Waals surface area contributed by atoms with Crippen LogP contribution in [-0.2, 0) is 6.54 Å². The van der Waals surface area contributed by atoms with Crippen LogP contribution in [0.4, 0.5) is 5.69 Å². The predicted octanol–water partition coefficient (Wildman–Crippen LogP) is 4.62. The van der Waals surface area contributed by atoms with Gasteiger partial charge in [-0.3, -0.25) is 0 Å². The number of ether oxygens (including phenoxy) is 2. The van der Waals surface area contributed by atoms with Gasteiger partial charge in [0.2, 0.25) is 0 Å². The summed E-state index contributed by atoms with van der Waals surface area (Å²) < 4.78 is 10.5. The molecular weight excluding hydrogens is 297 g/mol. The maximum Gasteiger partial charge on any atom is 0.127 e. The molecule has 2 aromatic carbocycles. The Morgan fingerprint density at radius 3 is 2.30 bits per heavy atom. The molecule has 0 aliphatic heterocycles. The first-order valence-corrected chi connectivity index (χ1v) is 6.80. The summed E-state index contributed by atoms with van der Waals surface area (Å²) in [6.07, 6.45) is 0. The molecule has 0 unspecified atom stereocenters. The molecule has 0 saturated carbocycles. The molecule has 0 aromatic heterocycles. The molecule has 20 heavy (non-hydrogen) atoms. The van der Waals surface area contributed by atoms with Crippen molar-refractivity contribution in [3.63, 3.8) is 0 Å². The molecule has 2 rings (SSSR count). The summed E-state index contributed by atoms with van der Waals surface area (Å²) in [4.78, 5) is 0. The maximum atomic E-state index is 6.12. The standard InChI is InChI=1S/C15H15Cl2NO2/c1-19-11-7-6-10(14(8-11)20-2)9-18-15-12(16)4-3-5-13(15)17/h3-8,18H,9H2,1-2H3. The highest BCUT2D eigenvalue weighted by Crippen LogP contribution is 2.31. The minimum atomic E-state index is 0.552. The number of halogens is 2. The Balaban J connectivity index is 2.19. The number of hydrogen-bond donors (Lipinski definition) is 1. The van der Waals surface area contributed by atoms with E-state index in [0.717, 1.165) is 17.1 Å². The van der Waals surface area contributed by atoms with Gasteiger partial charge in [0, 0.05) is 18.2 Å². The summed E-state index contributed by atoms with van der Waals surface area (Å²) in [5, 5.41) is 4.40. The largest absolute Gasteiger partial charge is 0.497 e. The fourth-order valence-corrected chi connectivity index (χ4v) is 2.38. The quantitative estimate of drug-likeness (QED) is 0.873. The van der Waals surface area contributed by atoms with Gasteiger partial charge in [-0.25, -0.2) is 0 Å². The molecule has 0 saturated heterocycles. The average molecular weight is 312 g/mol. The SMILES string of the molecule is COc1ccc(CNc2c(Cl)cccc2Cl)c(OC)c1. The van der Waals surface area contributed by atoms with Gasteiger partial charge in [0.15, 0.2) is 0 Å². The van der Waals surface area contributed by atoms with Crippen molar-refractivity contribution in [1.29, 1.82) is 0 Å². The van der Waals surface area contributed by atoms with E-state index in [1.165, 1.54) is 0 Å². The lowest BCUT2D eigenvalue weighted by atomic mass is 10.2. The molecule has 0 atom stereocenters. The number of anilines is 1. The highest BCUT2D eigenvalue weighted by Gasteiger charge is 2.08. The predicted molar refractivity (Wildman–Crippen MR) is 83.3 cm³/mol. The molecule has 5 heteroatoms. The summed E-state index contributed by atoms with van der Waals surface area (Å²) in [6, 6.07) is 11.1. The lowest BCUT2D eigenvalue weighted by Crippen LogP contribution is -2.03. The fourth-order valence-electron chi connectivity index (χ4n) is 1.85. The Morgan fingerprint density at radius 2 is 1.70 bits per heavy atom. The Hall–Kier alpha value is -1.58. The van der Waals surface area contributed by atoms with Gasteiger partial charge in [0.25, 0.3) is 0 Å². The van der Waals surface area contributed by atoms with Crippen LogP contribution in [0.15, 0.2) is 36.4 Å². The second kappa shape index (κ2) is 6.73. The van der Waals surface area contributed by atoms with E-state index in [4.69, 9.17) is 32.7 Å². The molecule has 0 aliphatic rings. The summed E-state index contributed by atoms with van der Waals surface area (Å²) in [7, 11) is 3.25. The summed E-state index contributed by atoms with van der Waals surface area (Å²) >= 11 is 12.2. The second-order valence-corrected chi connectivity index (χ2v) is 4.94. The van der Waals surface area contributed by atoms with Crippen LogP contribution in [0, 0.1) is 0 Å². The zero-order valence-electron chi connectivity index (χ0n) is 11.2. The monoisotopic (exact) mass is 311 g/mol. The molecule has 3 nitrogen and oxygen atoms in total. The summed E-state index contributed by atoms with van der Waals surface area (Å²) in [5.41, 5.74) is 1.71. The third-order valence-electron chi connectivity index (χ3n) is 2.91. The van der Waals surface area contributed by atoms with Gasteiger partial charge < -0.3 is 14.8 Å². The van der Waals surface area contributed by atoms with Crippen molar-refractivity contribution in [2.75, 3.05) is 19.5 Å². The first kappa shape index (κ1) is 14.8. The first-order valence-electron chi connectivity index (χ1n) is 6.04. The fraction of sp³-hybridized carbons (Fsp3) is 0.200. The van der Waals surface area contributed by atoms with Crippen LogP contribution in [0.5, 0.6) is 11.5 Å². The molecule has 106 valence electrons. The van der Waals surface area contributed by atoms with Crippen LogP contribution in [-0.4, -0.2) is 14.2 Å². The van der Waals surface area contributed by atoms with Crippen molar-refractivity contribution in [2.24, 2.45) is 0 Å². The van der Waals surface area contributed by atoms with Gasteiger partial charge >= 0.3 is 0 Å². The Kier molecular flexibility index (Phi) is 4.99. The number of hydrogen-bond acceptors (Lipinski definition) is 3. The molecule has 0 bridgehead atoms. The van der Waals surface area contributed by atoms with Gasteiger partial charge in [-0.15, -0.1) is 0 Å². The molecule has 0 amide bonds. The Bertz CT molecular complexity index is 582. The van der Waals surface area contributed by atoms with Crippen LogP contribution in [0.2, 0.25) is 10.0 Å². The van der Waals surface area contributed by atoms with Crippen molar-refractivity contribution in [1.82, 2.24) is 0 Å². The maximum absolute atomic E-state index is 6.12. The topological polar surface area (TPSA) is 30.5 Å².